The van der Waals surface area contributed by atoms with Crippen LogP contribution in [0.15, 0.2) is 91.0 Å². The number of hydrogen-bond donors (Lipinski definition) is 0. The van der Waals surface area contributed by atoms with Gasteiger partial charge in [0.1, 0.15) is 0 Å². The molecule has 2 heterocycles. The molecule has 1 aromatic heterocycles. The van der Waals surface area contributed by atoms with E-state index in [2.05, 4.69) is 102 Å². The normalized spacial score (nSPS) is 12.6. The summed E-state index contributed by atoms with van der Waals surface area (Å²) in [5, 5.41) is 2.67. The molecule has 0 bridgehead atoms. The molecule has 0 saturated heterocycles. The smallest absolute Gasteiger partial charge is 0.247 e. The summed E-state index contributed by atoms with van der Waals surface area (Å²) in [6.45, 7) is 2.51. The third-order valence-electron chi connectivity index (χ3n) is 6.00. The number of nitrogens with zero attached hydrogens (tertiary/aromatic N) is 1. The lowest BCUT2D eigenvalue weighted by molar-refractivity contribution is 1.18. The molecule has 0 spiro atoms. The molecule has 0 N–H and O–H groups in total. The molecule has 1 aliphatic rings. The lowest BCUT2D eigenvalue weighted by Gasteiger charge is -2.28. The maximum absolute atomic E-state index is 2.47. The molecule has 2 heteroatoms. The minimum atomic E-state index is 0.267. The number of benzene rings is 4. The van der Waals surface area contributed by atoms with Crippen molar-refractivity contribution < 1.29 is 0 Å². The lowest BCUT2D eigenvalue weighted by atomic mass is 9.35. The van der Waals surface area contributed by atoms with Crippen molar-refractivity contribution in [1.29, 1.82) is 0 Å². The quantitative estimate of drug-likeness (QED) is 0.399. The second-order valence-corrected chi connectivity index (χ2v) is 7.45. The van der Waals surface area contributed by atoms with Gasteiger partial charge in [0, 0.05) is 22.0 Å². The van der Waals surface area contributed by atoms with E-state index in [-0.39, 0.29) is 6.71 Å². The molecule has 126 valence electrons. The standard InChI is InChI=1S/C25H18BN/c1-17-9-7-16-23-24(17)26(18-10-3-2-4-11-18)21-14-8-13-20-19-12-5-6-15-22(19)27(23)25(20)21/h2-16H,1H3. The highest BCUT2D eigenvalue weighted by atomic mass is 15.0. The summed E-state index contributed by atoms with van der Waals surface area (Å²) in [5.41, 5.74) is 9.48. The number of hydrogen-bond acceptors (Lipinski definition) is 0. The molecule has 1 aliphatic heterocycles. The zero-order valence-corrected chi connectivity index (χ0v) is 15.2. The Labute approximate surface area is 159 Å². The van der Waals surface area contributed by atoms with Crippen molar-refractivity contribution in [3.05, 3.63) is 96.6 Å². The fourth-order valence-corrected chi connectivity index (χ4v) is 4.91. The van der Waals surface area contributed by atoms with Gasteiger partial charge in [-0.05, 0) is 30.0 Å². The molecule has 0 amide bonds. The summed E-state index contributed by atoms with van der Waals surface area (Å²) >= 11 is 0. The Bertz CT molecular complexity index is 1330. The average molecular weight is 343 g/mol. The summed E-state index contributed by atoms with van der Waals surface area (Å²) in [6.07, 6.45) is 0. The minimum Gasteiger partial charge on any atom is -0.310 e. The van der Waals surface area contributed by atoms with Gasteiger partial charge >= 0.3 is 0 Å². The third kappa shape index (κ3) is 1.90. The molecule has 0 fully saturated rings. The lowest BCUT2D eigenvalue weighted by Crippen LogP contribution is -2.56. The zero-order chi connectivity index (χ0) is 18.0. The summed E-state index contributed by atoms with van der Waals surface area (Å²) in [6, 6.07) is 33.2. The van der Waals surface area contributed by atoms with Crippen molar-refractivity contribution in [3.8, 4) is 5.69 Å². The van der Waals surface area contributed by atoms with Crippen molar-refractivity contribution in [3.63, 3.8) is 0 Å². The van der Waals surface area contributed by atoms with Crippen molar-refractivity contribution >= 4 is 44.9 Å². The molecule has 0 saturated carbocycles. The van der Waals surface area contributed by atoms with Crippen LogP contribution in [-0.4, -0.2) is 11.3 Å². The zero-order valence-electron chi connectivity index (χ0n) is 15.2. The molecule has 6 rings (SSSR count). The van der Waals surface area contributed by atoms with Crippen molar-refractivity contribution in [2.75, 3.05) is 0 Å². The van der Waals surface area contributed by atoms with Crippen LogP contribution in [0.1, 0.15) is 5.56 Å². The van der Waals surface area contributed by atoms with E-state index in [1.807, 2.05) is 0 Å². The number of fused-ring (bicyclic) bond motifs is 5. The van der Waals surface area contributed by atoms with Crippen LogP contribution in [0.4, 0.5) is 0 Å². The SMILES string of the molecule is Cc1cccc2c1B(c1ccccc1)c1cccc3c4ccccc4n-2c13. The molecule has 0 radical (unpaired) electrons. The van der Waals surface area contributed by atoms with Crippen LogP contribution in [0.25, 0.3) is 27.5 Å². The predicted octanol–water partition coefficient (Wildman–Crippen LogP) is 3.92. The van der Waals surface area contributed by atoms with E-state index in [9.17, 15) is 0 Å². The fourth-order valence-electron chi connectivity index (χ4n) is 4.91. The number of para-hydroxylation sites is 2. The van der Waals surface area contributed by atoms with Crippen LogP contribution in [0.5, 0.6) is 0 Å². The van der Waals surface area contributed by atoms with Crippen LogP contribution in [0.3, 0.4) is 0 Å². The molecule has 0 unspecified atom stereocenters. The van der Waals surface area contributed by atoms with Gasteiger partial charge in [-0.15, -0.1) is 0 Å². The van der Waals surface area contributed by atoms with Crippen LogP contribution >= 0.6 is 0 Å². The summed E-state index contributed by atoms with van der Waals surface area (Å²) in [5.74, 6) is 0. The van der Waals surface area contributed by atoms with Crippen molar-refractivity contribution in [2.45, 2.75) is 6.92 Å². The molecule has 0 atom stereocenters. The Morgan fingerprint density at radius 3 is 2.30 bits per heavy atom. The third-order valence-corrected chi connectivity index (χ3v) is 6.00. The first-order valence-electron chi connectivity index (χ1n) is 9.51. The summed E-state index contributed by atoms with van der Waals surface area (Å²) in [4.78, 5) is 0. The Morgan fingerprint density at radius 2 is 1.41 bits per heavy atom. The first-order chi connectivity index (χ1) is 13.3. The number of aromatic nitrogens is 1. The van der Waals surface area contributed by atoms with Gasteiger partial charge in [-0.1, -0.05) is 89.9 Å². The highest BCUT2D eigenvalue weighted by Gasteiger charge is 2.33. The minimum absolute atomic E-state index is 0.267. The second-order valence-electron chi connectivity index (χ2n) is 7.45. The van der Waals surface area contributed by atoms with E-state index in [4.69, 9.17) is 0 Å². The second kappa shape index (κ2) is 5.37. The van der Waals surface area contributed by atoms with E-state index in [0.29, 0.717) is 0 Å². The highest BCUT2D eigenvalue weighted by molar-refractivity contribution is 6.98. The van der Waals surface area contributed by atoms with Gasteiger partial charge in [-0.3, -0.25) is 0 Å². The van der Waals surface area contributed by atoms with Crippen molar-refractivity contribution in [1.82, 2.24) is 4.57 Å². The number of aryl methyl sites for hydroxylation is 1. The van der Waals surface area contributed by atoms with Gasteiger partial charge in [0.2, 0.25) is 6.71 Å². The maximum Gasteiger partial charge on any atom is 0.247 e. The van der Waals surface area contributed by atoms with Gasteiger partial charge in [0.15, 0.2) is 0 Å². The molecule has 5 aromatic rings. The Kier molecular flexibility index (Phi) is 2.96. The topological polar surface area (TPSA) is 4.93 Å². The Morgan fingerprint density at radius 1 is 0.667 bits per heavy atom. The predicted molar refractivity (Wildman–Crippen MR) is 117 cm³/mol. The van der Waals surface area contributed by atoms with Gasteiger partial charge in [-0.2, -0.15) is 0 Å². The first-order valence-corrected chi connectivity index (χ1v) is 9.51. The van der Waals surface area contributed by atoms with Gasteiger partial charge in [0.25, 0.3) is 0 Å². The van der Waals surface area contributed by atoms with Gasteiger partial charge < -0.3 is 4.57 Å². The average Bonchev–Trinajstić information content (AvgIpc) is 3.06. The number of rotatable bonds is 1. The highest BCUT2D eigenvalue weighted by Crippen LogP contribution is 2.33. The molecule has 4 aromatic carbocycles. The van der Waals surface area contributed by atoms with E-state index in [0.717, 1.165) is 0 Å². The van der Waals surface area contributed by atoms with Crippen LogP contribution < -0.4 is 16.4 Å². The Balaban J connectivity index is 1.87. The molecule has 27 heavy (non-hydrogen) atoms. The van der Waals surface area contributed by atoms with E-state index in [1.165, 1.54) is 49.4 Å². The van der Waals surface area contributed by atoms with Crippen LogP contribution in [-0.2, 0) is 0 Å². The van der Waals surface area contributed by atoms with Crippen LogP contribution in [0.2, 0.25) is 0 Å². The van der Waals surface area contributed by atoms with Gasteiger partial charge in [0.05, 0.1) is 5.52 Å². The van der Waals surface area contributed by atoms with Gasteiger partial charge in [-0.25, -0.2) is 0 Å². The molecular formula is C25H18BN. The summed E-state index contributed by atoms with van der Waals surface area (Å²) in [7, 11) is 0. The summed E-state index contributed by atoms with van der Waals surface area (Å²) < 4.78 is 2.47. The fraction of sp³-hybridized carbons (Fsp3) is 0.0400. The largest absolute Gasteiger partial charge is 0.310 e. The van der Waals surface area contributed by atoms with E-state index >= 15 is 0 Å². The van der Waals surface area contributed by atoms with Crippen molar-refractivity contribution in [2.24, 2.45) is 0 Å². The Hall–Kier alpha value is -3.26. The molecule has 0 aliphatic carbocycles. The van der Waals surface area contributed by atoms with E-state index in [1.54, 1.807) is 0 Å². The molecular weight excluding hydrogens is 325 g/mol. The maximum atomic E-state index is 2.47. The van der Waals surface area contributed by atoms with E-state index < -0.39 is 0 Å². The monoisotopic (exact) mass is 343 g/mol. The first kappa shape index (κ1) is 14.9. The molecule has 1 nitrogen and oxygen atoms in total. The van der Waals surface area contributed by atoms with Crippen LogP contribution in [0, 0.1) is 6.92 Å².